The average Bonchev–Trinajstić information content (AvgIpc) is 2.83. The van der Waals surface area contributed by atoms with Crippen LogP contribution in [0.5, 0.6) is 0 Å². The Balaban J connectivity index is 1.87. The Labute approximate surface area is 142 Å². The van der Waals surface area contributed by atoms with E-state index in [2.05, 4.69) is 5.32 Å². The van der Waals surface area contributed by atoms with Gasteiger partial charge < -0.3 is 10.4 Å². The molecule has 0 radical (unpaired) electrons. The number of hydrogen-bond acceptors (Lipinski definition) is 3. The molecule has 3 rings (SSSR count). The number of aromatic carboxylic acids is 1. The molecule has 6 nitrogen and oxygen atoms in total. The van der Waals surface area contributed by atoms with E-state index in [-0.39, 0.29) is 11.3 Å². The van der Waals surface area contributed by atoms with Crippen molar-refractivity contribution in [3.8, 4) is 0 Å². The number of halogens is 1. The van der Waals surface area contributed by atoms with E-state index in [0.29, 0.717) is 16.3 Å². The van der Waals surface area contributed by atoms with Gasteiger partial charge in [-0.1, -0.05) is 23.7 Å². The van der Waals surface area contributed by atoms with Crippen LogP contribution in [0.1, 0.15) is 15.9 Å². The Morgan fingerprint density at radius 2 is 1.67 bits per heavy atom. The number of imide groups is 1. The number of nitrogens with one attached hydrogen (secondary N) is 1. The lowest BCUT2D eigenvalue weighted by Gasteiger charge is -2.11. The summed E-state index contributed by atoms with van der Waals surface area (Å²) in [4.78, 5) is 36.3. The molecule has 0 aromatic heterocycles. The number of nitrogens with zero attached hydrogens (tertiary/aromatic N) is 1. The van der Waals surface area contributed by atoms with Gasteiger partial charge in [-0.2, -0.15) is 0 Å². The van der Waals surface area contributed by atoms with Crippen LogP contribution in [0.3, 0.4) is 0 Å². The van der Waals surface area contributed by atoms with Crippen molar-refractivity contribution < 1.29 is 19.5 Å². The second-order valence-electron chi connectivity index (χ2n) is 5.03. The van der Waals surface area contributed by atoms with Crippen LogP contribution in [0.25, 0.3) is 6.08 Å². The molecule has 7 heteroatoms. The van der Waals surface area contributed by atoms with Crippen LogP contribution in [0.4, 0.5) is 10.5 Å². The molecule has 0 aliphatic carbocycles. The topological polar surface area (TPSA) is 86.7 Å². The Morgan fingerprint density at radius 1 is 1.04 bits per heavy atom. The summed E-state index contributed by atoms with van der Waals surface area (Å²) in [5.41, 5.74) is 1.26. The SMILES string of the molecule is O=C(O)c1ccc(C=C2NC(=O)N(c3ccc(Cl)cc3)C2=O)cc1. The maximum absolute atomic E-state index is 12.4. The second kappa shape index (κ2) is 6.17. The van der Waals surface area contributed by atoms with Crippen molar-refractivity contribution >= 4 is 41.3 Å². The van der Waals surface area contributed by atoms with E-state index in [4.69, 9.17) is 16.7 Å². The first-order chi connectivity index (χ1) is 11.5. The Hall–Kier alpha value is -3.12. The smallest absolute Gasteiger partial charge is 0.335 e. The fourth-order valence-corrected chi connectivity index (χ4v) is 2.37. The maximum atomic E-state index is 12.4. The molecular weight excluding hydrogens is 332 g/mol. The van der Waals surface area contributed by atoms with Crippen LogP contribution in [-0.4, -0.2) is 23.0 Å². The predicted octanol–water partition coefficient (Wildman–Crippen LogP) is 3.14. The maximum Gasteiger partial charge on any atom is 0.335 e. The molecule has 0 bridgehead atoms. The summed E-state index contributed by atoms with van der Waals surface area (Å²) in [5.74, 6) is -1.53. The number of rotatable bonds is 3. The monoisotopic (exact) mass is 342 g/mol. The van der Waals surface area contributed by atoms with Gasteiger partial charge in [-0.05, 0) is 48.0 Å². The van der Waals surface area contributed by atoms with Crippen LogP contribution in [0.2, 0.25) is 5.02 Å². The van der Waals surface area contributed by atoms with Crippen molar-refractivity contribution in [1.82, 2.24) is 5.32 Å². The standard InChI is InChI=1S/C17H11ClN2O4/c18-12-5-7-13(8-6-12)20-15(21)14(19-17(20)24)9-10-1-3-11(4-2-10)16(22)23/h1-9H,(H,19,24)(H,22,23). The van der Waals surface area contributed by atoms with Crippen LogP contribution < -0.4 is 10.2 Å². The minimum Gasteiger partial charge on any atom is -0.478 e. The number of anilines is 1. The summed E-state index contributed by atoms with van der Waals surface area (Å²) in [6.07, 6.45) is 1.49. The van der Waals surface area contributed by atoms with E-state index >= 15 is 0 Å². The lowest BCUT2D eigenvalue weighted by molar-refractivity contribution is -0.113. The molecule has 2 N–H and O–H groups in total. The molecule has 1 heterocycles. The number of carbonyl (C=O) groups excluding carboxylic acids is 2. The van der Waals surface area contributed by atoms with Gasteiger partial charge in [0.25, 0.3) is 5.91 Å². The highest BCUT2D eigenvalue weighted by Gasteiger charge is 2.34. The molecule has 1 fully saturated rings. The van der Waals surface area contributed by atoms with E-state index in [1.165, 1.54) is 18.2 Å². The lowest BCUT2D eigenvalue weighted by atomic mass is 10.1. The average molecular weight is 343 g/mol. The summed E-state index contributed by atoms with van der Waals surface area (Å²) in [7, 11) is 0. The normalized spacial score (nSPS) is 15.7. The van der Waals surface area contributed by atoms with Gasteiger partial charge in [-0.25, -0.2) is 14.5 Å². The third-order valence-corrected chi connectivity index (χ3v) is 3.68. The molecule has 2 aromatic rings. The number of urea groups is 1. The van der Waals surface area contributed by atoms with Crippen LogP contribution in [0, 0.1) is 0 Å². The van der Waals surface area contributed by atoms with Crippen LogP contribution >= 0.6 is 11.6 Å². The number of hydrogen-bond donors (Lipinski definition) is 2. The van der Waals surface area contributed by atoms with Crippen molar-refractivity contribution in [2.24, 2.45) is 0 Å². The van der Waals surface area contributed by atoms with E-state index in [0.717, 1.165) is 4.90 Å². The number of amides is 3. The zero-order valence-electron chi connectivity index (χ0n) is 12.2. The highest BCUT2D eigenvalue weighted by atomic mass is 35.5. The van der Waals surface area contributed by atoms with Gasteiger partial charge in [0.15, 0.2) is 0 Å². The van der Waals surface area contributed by atoms with E-state index < -0.39 is 17.9 Å². The minimum atomic E-state index is -1.03. The highest BCUT2D eigenvalue weighted by Crippen LogP contribution is 2.24. The first kappa shape index (κ1) is 15.8. The Morgan fingerprint density at radius 3 is 2.25 bits per heavy atom. The van der Waals surface area contributed by atoms with Gasteiger partial charge >= 0.3 is 12.0 Å². The molecule has 0 spiro atoms. The fraction of sp³-hybridized carbons (Fsp3) is 0. The van der Waals surface area contributed by atoms with Crippen molar-refractivity contribution in [3.05, 3.63) is 70.4 Å². The molecule has 1 aliphatic rings. The third-order valence-electron chi connectivity index (χ3n) is 3.43. The molecular formula is C17H11ClN2O4. The summed E-state index contributed by atoms with van der Waals surface area (Å²) < 4.78 is 0. The van der Waals surface area contributed by atoms with Gasteiger partial charge in [-0.3, -0.25) is 4.79 Å². The van der Waals surface area contributed by atoms with Gasteiger partial charge in [-0.15, -0.1) is 0 Å². The van der Waals surface area contributed by atoms with Crippen molar-refractivity contribution in [1.29, 1.82) is 0 Å². The van der Waals surface area contributed by atoms with E-state index in [9.17, 15) is 14.4 Å². The van der Waals surface area contributed by atoms with Crippen molar-refractivity contribution in [2.75, 3.05) is 4.90 Å². The van der Waals surface area contributed by atoms with Gasteiger partial charge in [0.05, 0.1) is 11.3 Å². The minimum absolute atomic E-state index is 0.109. The molecule has 1 aliphatic heterocycles. The summed E-state index contributed by atoms with van der Waals surface area (Å²) >= 11 is 5.80. The molecule has 0 unspecified atom stereocenters. The van der Waals surface area contributed by atoms with E-state index in [1.54, 1.807) is 36.4 Å². The quantitative estimate of drug-likeness (QED) is 0.662. The number of carboxylic acid groups (broad SMARTS) is 1. The molecule has 2 aromatic carbocycles. The molecule has 120 valence electrons. The number of benzene rings is 2. The van der Waals surface area contributed by atoms with Gasteiger partial charge in [0, 0.05) is 5.02 Å². The highest BCUT2D eigenvalue weighted by molar-refractivity contribution is 6.31. The fourth-order valence-electron chi connectivity index (χ4n) is 2.25. The number of carbonyl (C=O) groups is 3. The van der Waals surface area contributed by atoms with Crippen molar-refractivity contribution in [3.63, 3.8) is 0 Å². The summed E-state index contributed by atoms with van der Waals surface area (Å²) in [6, 6.07) is 11.7. The number of carboxylic acids is 1. The zero-order valence-corrected chi connectivity index (χ0v) is 12.9. The Bertz CT molecular complexity index is 857. The summed E-state index contributed by atoms with van der Waals surface area (Å²) in [5, 5.41) is 11.9. The first-order valence-electron chi connectivity index (χ1n) is 6.92. The van der Waals surface area contributed by atoms with Gasteiger partial charge in [0.2, 0.25) is 0 Å². The van der Waals surface area contributed by atoms with Gasteiger partial charge in [0.1, 0.15) is 5.70 Å². The van der Waals surface area contributed by atoms with Crippen LogP contribution in [-0.2, 0) is 4.79 Å². The lowest BCUT2D eigenvalue weighted by Crippen LogP contribution is -2.30. The second-order valence-corrected chi connectivity index (χ2v) is 5.47. The predicted molar refractivity (Wildman–Crippen MR) is 88.8 cm³/mol. The molecule has 3 amide bonds. The van der Waals surface area contributed by atoms with E-state index in [1.807, 2.05) is 0 Å². The van der Waals surface area contributed by atoms with Crippen LogP contribution in [0.15, 0.2) is 54.2 Å². The largest absolute Gasteiger partial charge is 0.478 e. The zero-order chi connectivity index (χ0) is 17.3. The molecule has 24 heavy (non-hydrogen) atoms. The first-order valence-corrected chi connectivity index (χ1v) is 7.29. The molecule has 1 saturated heterocycles. The summed E-state index contributed by atoms with van der Waals surface area (Å²) in [6.45, 7) is 0. The molecule has 0 saturated carbocycles. The van der Waals surface area contributed by atoms with Crippen molar-refractivity contribution in [2.45, 2.75) is 0 Å². The Kier molecular flexibility index (Phi) is 4.05. The molecule has 0 atom stereocenters. The third kappa shape index (κ3) is 3.00.